The van der Waals surface area contributed by atoms with Gasteiger partial charge in [-0.05, 0) is 81.1 Å². The van der Waals surface area contributed by atoms with E-state index in [-0.39, 0.29) is 11.9 Å². The van der Waals surface area contributed by atoms with Crippen LogP contribution in [0.3, 0.4) is 0 Å². The van der Waals surface area contributed by atoms with Gasteiger partial charge in [0.2, 0.25) is 0 Å². The molecule has 0 spiro atoms. The van der Waals surface area contributed by atoms with E-state index in [0.29, 0.717) is 29.5 Å². The van der Waals surface area contributed by atoms with Crippen molar-refractivity contribution in [1.29, 1.82) is 0 Å². The second kappa shape index (κ2) is 8.22. The van der Waals surface area contributed by atoms with Crippen molar-refractivity contribution in [2.75, 3.05) is 18.0 Å². The second-order valence-corrected chi connectivity index (χ2v) is 9.87. The number of halogens is 1. The van der Waals surface area contributed by atoms with Crippen LogP contribution in [0.2, 0.25) is 0 Å². The minimum atomic E-state index is -0.326. The predicted molar refractivity (Wildman–Crippen MR) is 119 cm³/mol. The van der Waals surface area contributed by atoms with Gasteiger partial charge < -0.3 is 9.64 Å². The zero-order valence-electron chi connectivity index (χ0n) is 18.2. The number of hydrogen-bond acceptors (Lipinski definition) is 6. The molecule has 1 saturated heterocycles. The summed E-state index contributed by atoms with van der Waals surface area (Å²) in [5, 5.41) is 6.06. The molecule has 1 saturated carbocycles. The van der Waals surface area contributed by atoms with Gasteiger partial charge in [0.1, 0.15) is 16.6 Å². The Morgan fingerprint density at radius 1 is 1.19 bits per heavy atom. The van der Waals surface area contributed by atoms with Crippen LogP contribution in [0.4, 0.5) is 9.39 Å². The van der Waals surface area contributed by atoms with Gasteiger partial charge in [-0.2, -0.15) is 14.5 Å². The Kier molecular flexibility index (Phi) is 5.42. The molecule has 3 aromatic rings. The van der Waals surface area contributed by atoms with Gasteiger partial charge in [0, 0.05) is 25.6 Å². The molecular formula is C23H28FN5OS. The van der Waals surface area contributed by atoms with Crippen LogP contribution in [0.5, 0.6) is 11.8 Å². The van der Waals surface area contributed by atoms with E-state index in [9.17, 15) is 4.39 Å². The molecule has 1 aromatic carbocycles. The van der Waals surface area contributed by atoms with E-state index in [1.54, 1.807) is 28.3 Å². The first-order valence-electron chi connectivity index (χ1n) is 11.0. The first-order valence-corrected chi connectivity index (χ1v) is 11.8. The summed E-state index contributed by atoms with van der Waals surface area (Å²) in [6, 6.07) is 8.89. The second-order valence-electron chi connectivity index (χ2n) is 9.09. The summed E-state index contributed by atoms with van der Waals surface area (Å²) in [6.07, 6.45) is 3.40. The van der Waals surface area contributed by atoms with Crippen molar-refractivity contribution >= 4 is 16.5 Å². The van der Waals surface area contributed by atoms with Gasteiger partial charge in [0.05, 0.1) is 11.7 Å². The lowest BCUT2D eigenvalue weighted by molar-refractivity contribution is 0.266. The molecule has 1 aliphatic heterocycles. The first kappa shape index (κ1) is 20.4. The Morgan fingerprint density at radius 3 is 2.61 bits per heavy atom. The van der Waals surface area contributed by atoms with Crippen LogP contribution in [0.25, 0.3) is 0 Å². The number of benzene rings is 1. The number of piperidine rings is 1. The Hall–Kier alpha value is -2.48. The number of rotatable bonds is 6. The molecule has 8 heteroatoms. The number of anilines is 1. The highest BCUT2D eigenvalue weighted by Gasteiger charge is 2.43. The van der Waals surface area contributed by atoms with Crippen LogP contribution in [-0.2, 0) is 6.42 Å². The zero-order valence-corrected chi connectivity index (χ0v) is 19.0. The number of fused-ring (bicyclic) bond motifs is 2. The zero-order chi connectivity index (χ0) is 21.5. The average Bonchev–Trinajstić information content (AvgIpc) is 3.39. The summed E-state index contributed by atoms with van der Waals surface area (Å²) in [7, 11) is 0. The number of ether oxygens (including phenoxy) is 1. The molecule has 2 fully saturated rings. The lowest BCUT2D eigenvalue weighted by Gasteiger charge is -2.38. The fraction of sp³-hybridized carbons (Fsp3) is 0.522. The van der Waals surface area contributed by atoms with Crippen LogP contribution >= 0.6 is 11.5 Å². The van der Waals surface area contributed by atoms with E-state index < -0.39 is 0 Å². The quantitative estimate of drug-likeness (QED) is 0.522. The fourth-order valence-electron chi connectivity index (χ4n) is 5.04. The summed E-state index contributed by atoms with van der Waals surface area (Å²) >= 11 is 1.61. The van der Waals surface area contributed by atoms with E-state index in [2.05, 4.69) is 36.1 Å². The van der Waals surface area contributed by atoms with E-state index in [1.165, 1.54) is 30.0 Å². The molecule has 164 valence electrons. The molecular weight excluding hydrogens is 413 g/mol. The standard InChI is InChI=1S/C23H28FN5OS/c1-14(2)29-23(30-19-6-4-5-18(24)10-19)25-21(26-29)11-20-16-7-8-17(20)13-28(12-16)22-9-15(3)27-31-22/h4-6,9-10,14,16-17,20H,7-8,11-13H2,1-3H3/t16-,17+,20?. The van der Waals surface area contributed by atoms with Gasteiger partial charge in [0.15, 0.2) is 5.82 Å². The van der Waals surface area contributed by atoms with Crippen molar-refractivity contribution in [3.05, 3.63) is 47.7 Å². The maximum Gasteiger partial charge on any atom is 0.320 e. The Morgan fingerprint density at radius 2 is 1.97 bits per heavy atom. The van der Waals surface area contributed by atoms with Crippen LogP contribution in [0.15, 0.2) is 30.3 Å². The molecule has 31 heavy (non-hydrogen) atoms. The van der Waals surface area contributed by atoms with Crippen molar-refractivity contribution < 1.29 is 9.13 Å². The van der Waals surface area contributed by atoms with Crippen molar-refractivity contribution in [3.63, 3.8) is 0 Å². The summed E-state index contributed by atoms with van der Waals surface area (Å²) in [4.78, 5) is 7.23. The van der Waals surface area contributed by atoms with Crippen molar-refractivity contribution in [3.8, 4) is 11.8 Å². The number of nitrogens with zero attached hydrogens (tertiary/aromatic N) is 5. The highest BCUT2D eigenvalue weighted by molar-refractivity contribution is 7.10. The van der Waals surface area contributed by atoms with E-state index >= 15 is 0 Å². The van der Waals surface area contributed by atoms with Crippen molar-refractivity contribution in [2.24, 2.45) is 17.8 Å². The Labute approximate surface area is 186 Å². The smallest absolute Gasteiger partial charge is 0.320 e. The molecule has 0 radical (unpaired) electrons. The van der Waals surface area contributed by atoms with E-state index in [0.717, 1.165) is 31.0 Å². The van der Waals surface area contributed by atoms with Crippen molar-refractivity contribution in [2.45, 2.75) is 46.1 Å². The lowest BCUT2D eigenvalue weighted by atomic mass is 9.82. The highest BCUT2D eigenvalue weighted by Crippen LogP contribution is 2.45. The summed E-state index contributed by atoms with van der Waals surface area (Å²) in [6.45, 7) is 8.33. The summed E-state index contributed by atoms with van der Waals surface area (Å²) < 4.78 is 25.7. The third-order valence-corrected chi connectivity index (χ3v) is 7.46. The van der Waals surface area contributed by atoms with Crippen LogP contribution in [-0.4, -0.2) is 32.2 Å². The molecule has 6 nitrogen and oxygen atoms in total. The summed E-state index contributed by atoms with van der Waals surface area (Å²) in [5.74, 6) is 2.83. The van der Waals surface area contributed by atoms with Crippen LogP contribution in [0.1, 0.15) is 44.2 Å². The largest absolute Gasteiger partial charge is 0.424 e. The molecule has 2 aliphatic rings. The third-order valence-electron chi connectivity index (χ3n) is 6.51. The summed E-state index contributed by atoms with van der Waals surface area (Å²) in [5.41, 5.74) is 1.10. The normalized spacial score (nSPS) is 23.0. The van der Waals surface area contributed by atoms with Gasteiger partial charge in [-0.1, -0.05) is 6.07 Å². The van der Waals surface area contributed by atoms with Gasteiger partial charge in [-0.3, -0.25) is 0 Å². The molecule has 1 unspecified atom stereocenters. The minimum Gasteiger partial charge on any atom is -0.424 e. The fourth-order valence-corrected chi connectivity index (χ4v) is 5.82. The first-order chi connectivity index (χ1) is 15.0. The average molecular weight is 442 g/mol. The van der Waals surface area contributed by atoms with E-state index in [1.807, 2.05) is 0 Å². The molecule has 0 N–H and O–H groups in total. The Bertz CT molecular complexity index is 1050. The molecule has 3 heterocycles. The topological polar surface area (TPSA) is 56.1 Å². The van der Waals surface area contributed by atoms with Crippen LogP contribution < -0.4 is 9.64 Å². The molecule has 2 bridgehead atoms. The Balaban J connectivity index is 1.32. The highest BCUT2D eigenvalue weighted by atomic mass is 32.1. The van der Waals surface area contributed by atoms with Gasteiger partial charge in [-0.25, -0.2) is 9.07 Å². The minimum absolute atomic E-state index is 0.109. The molecule has 2 aromatic heterocycles. The molecule has 1 aliphatic carbocycles. The van der Waals surface area contributed by atoms with Gasteiger partial charge in [-0.15, -0.1) is 0 Å². The van der Waals surface area contributed by atoms with Crippen molar-refractivity contribution in [1.82, 2.24) is 19.1 Å². The molecule has 5 rings (SSSR count). The number of aryl methyl sites for hydroxylation is 1. The lowest BCUT2D eigenvalue weighted by Crippen LogP contribution is -2.42. The predicted octanol–water partition coefficient (Wildman–Crippen LogP) is 5.26. The van der Waals surface area contributed by atoms with Gasteiger partial charge >= 0.3 is 6.01 Å². The third kappa shape index (κ3) is 4.18. The molecule has 3 atom stereocenters. The number of aromatic nitrogens is 4. The van der Waals surface area contributed by atoms with Gasteiger partial charge in [0.25, 0.3) is 0 Å². The van der Waals surface area contributed by atoms with Crippen LogP contribution in [0, 0.1) is 30.5 Å². The maximum absolute atomic E-state index is 13.6. The van der Waals surface area contributed by atoms with E-state index in [4.69, 9.17) is 14.8 Å². The number of hydrogen-bond donors (Lipinski definition) is 0. The monoisotopic (exact) mass is 441 g/mol. The maximum atomic E-state index is 13.6. The SMILES string of the molecule is Cc1cc(N2C[C@H]3CC[C@@H](C2)C3Cc2nc(Oc3cccc(F)c3)n(C(C)C)n2)sn1. The molecule has 0 amide bonds.